The Morgan fingerprint density at radius 3 is 1.44 bits per heavy atom. The maximum absolute atomic E-state index is 4.94. The third-order valence-electron chi connectivity index (χ3n) is 9.84. The fraction of sp³-hybridized carbons (Fsp3) is 0.239. The largest absolute Gasteiger partial charge is 0.998 e. The zero-order valence-corrected chi connectivity index (χ0v) is 31.8. The summed E-state index contributed by atoms with van der Waals surface area (Å²) in [5.74, 6) is 0.321. The second-order valence-corrected chi connectivity index (χ2v) is 13.5. The summed E-state index contributed by atoms with van der Waals surface area (Å²) >= 11 is 0. The van der Waals surface area contributed by atoms with Gasteiger partial charge in [-0.15, -0.1) is 39.2 Å². The summed E-state index contributed by atoms with van der Waals surface area (Å²) in [5, 5.41) is 5.25. The van der Waals surface area contributed by atoms with Gasteiger partial charge in [-0.1, -0.05) is 113 Å². The quantitative estimate of drug-likeness (QED) is 0.163. The van der Waals surface area contributed by atoms with Crippen molar-refractivity contribution in [3.8, 4) is 11.1 Å². The van der Waals surface area contributed by atoms with Gasteiger partial charge in [-0.25, -0.2) is 5.41 Å². The molecule has 241 valence electrons. The van der Waals surface area contributed by atoms with Gasteiger partial charge in [0.1, 0.15) is 0 Å². The van der Waals surface area contributed by atoms with Crippen molar-refractivity contribution in [2.24, 2.45) is 0 Å². The predicted molar refractivity (Wildman–Crippen MR) is 191 cm³/mol. The number of fused-ring (bicyclic) bond motifs is 6. The molecule has 0 amide bonds. The Labute approximate surface area is 314 Å². The van der Waals surface area contributed by atoms with E-state index in [1.165, 1.54) is 62.2 Å². The zero-order chi connectivity index (χ0) is 32.4. The van der Waals surface area contributed by atoms with Crippen molar-refractivity contribution in [2.75, 3.05) is 13.2 Å². The standard InChI is InChI=1S/C21H15.C21H14.C4H8O.La/c2*1-21(2,15-9-3-4-10-15)20-18-13-7-5-11-16(18)17-12-6-8-14-19(17)20;1-2-4-5-3-1;/h5-8,11-14,20H,1-2H3;5-8,11-14H,1-2H3;1-4H2;/q-5;-6;;. The molecule has 48 heavy (non-hydrogen) atoms. The average Bonchev–Trinajstić information content (AvgIpc) is 3.95. The first-order chi connectivity index (χ1) is 22.9. The van der Waals surface area contributed by atoms with Crippen LogP contribution in [0.15, 0.2) is 97.1 Å². The van der Waals surface area contributed by atoms with E-state index in [0.717, 1.165) is 24.3 Å². The zero-order valence-electron chi connectivity index (χ0n) is 28.1. The number of hydrogen-bond acceptors (Lipinski definition) is 1. The topological polar surface area (TPSA) is 9.23 Å². The van der Waals surface area contributed by atoms with Gasteiger partial charge in [-0.2, -0.15) is 5.41 Å². The van der Waals surface area contributed by atoms with Gasteiger partial charge in [0.15, 0.2) is 0 Å². The van der Waals surface area contributed by atoms with Crippen molar-refractivity contribution in [1.29, 1.82) is 0 Å². The summed E-state index contributed by atoms with van der Waals surface area (Å²) in [4.78, 5) is 0. The van der Waals surface area contributed by atoms with Crippen molar-refractivity contribution in [2.45, 2.75) is 57.3 Å². The van der Waals surface area contributed by atoms with Gasteiger partial charge in [0.05, 0.1) is 0 Å². The van der Waals surface area contributed by atoms with Crippen LogP contribution in [-0.4, -0.2) is 13.2 Å². The van der Waals surface area contributed by atoms with Crippen molar-refractivity contribution < 1.29 is 40.3 Å². The molecular formula is C46H37LaO-11. The fourth-order valence-electron chi connectivity index (χ4n) is 7.48. The molecule has 9 rings (SSSR count). The Balaban J connectivity index is 0.000000143. The number of benzene rings is 4. The number of ether oxygens (including phenoxy) is 1. The molecule has 1 fully saturated rings. The van der Waals surface area contributed by atoms with Crippen LogP contribution in [0.5, 0.6) is 0 Å². The van der Waals surface area contributed by atoms with Crippen molar-refractivity contribution in [1.82, 2.24) is 0 Å². The van der Waals surface area contributed by atoms with Gasteiger partial charge in [0, 0.05) is 48.8 Å². The van der Waals surface area contributed by atoms with Gasteiger partial charge < -0.3 is 64.4 Å². The third-order valence-corrected chi connectivity index (χ3v) is 9.84. The SMILES string of the molecule is C1CCOC1.CC(C)([c-]1[c-][c-][c-][c-]1)C1c2ccccc2-c2ccccc21.CC(C)([c-]1[c-][c-][c-][c-]1)[c-]1c2ccccc2c2ccccc21.[La]. The molecule has 0 N–H and O–H groups in total. The maximum Gasteiger partial charge on any atom is 0.0466 e. The van der Waals surface area contributed by atoms with Crippen LogP contribution in [0.1, 0.15) is 74.3 Å². The molecule has 1 heterocycles. The molecule has 2 aliphatic rings. The third kappa shape index (κ3) is 6.37. The summed E-state index contributed by atoms with van der Waals surface area (Å²) in [6, 6.07) is 58.9. The summed E-state index contributed by atoms with van der Waals surface area (Å²) in [6.07, 6.45) is 2.56. The van der Waals surface area contributed by atoms with Crippen LogP contribution in [-0.2, 0) is 15.6 Å². The van der Waals surface area contributed by atoms with Gasteiger partial charge in [0.2, 0.25) is 0 Å². The molecule has 0 aromatic heterocycles. The molecule has 0 unspecified atom stereocenters. The Morgan fingerprint density at radius 1 is 0.562 bits per heavy atom. The molecule has 0 atom stereocenters. The molecule has 7 aromatic carbocycles. The van der Waals surface area contributed by atoms with Crippen LogP contribution in [0.2, 0.25) is 0 Å². The van der Waals surface area contributed by atoms with Crippen LogP contribution in [0, 0.1) is 84.1 Å². The molecule has 1 aliphatic heterocycles. The number of hydrogen-bond donors (Lipinski definition) is 0. The molecule has 0 saturated carbocycles. The first-order valence-electron chi connectivity index (χ1n) is 16.5. The first-order valence-corrected chi connectivity index (χ1v) is 16.5. The summed E-state index contributed by atoms with van der Waals surface area (Å²) in [6.45, 7) is 11.0. The van der Waals surface area contributed by atoms with Crippen molar-refractivity contribution in [3.63, 3.8) is 0 Å². The van der Waals surface area contributed by atoms with E-state index in [1.807, 2.05) is 0 Å². The van der Waals surface area contributed by atoms with Crippen LogP contribution in [0.4, 0.5) is 0 Å². The minimum absolute atomic E-state index is 0. The smallest absolute Gasteiger partial charge is 0.0466 e. The van der Waals surface area contributed by atoms with Crippen LogP contribution in [0.25, 0.3) is 32.7 Å². The van der Waals surface area contributed by atoms with Crippen molar-refractivity contribution >= 4 is 21.5 Å². The van der Waals surface area contributed by atoms with E-state index in [-0.39, 0.29) is 46.4 Å². The van der Waals surface area contributed by atoms with E-state index in [0.29, 0.717) is 5.92 Å². The van der Waals surface area contributed by atoms with E-state index >= 15 is 0 Å². The fourth-order valence-corrected chi connectivity index (χ4v) is 7.48. The molecule has 1 aliphatic carbocycles. The van der Waals surface area contributed by atoms with Crippen molar-refractivity contribution in [3.05, 3.63) is 173 Å². The van der Waals surface area contributed by atoms with E-state index in [1.54, 1.807) is 0 Å². The second-order valence-electron chi connectivity index (χ2n) is 13.5. The second kappa shape index (κ2) is 14.6. The first kappa shape index (κ1) is 34.5. The van der Waals surface area contributed by atoms with E-state index in [2.05, 4.69) is 173 Å². The van der Waals surface area contributed by atoms with E-state index in [4.69, 9.17) is 4.74 Å². The minimum Gasteiger partial charge on any atom is -0.998 e. The molecule has 1 nitrogen and oxygen atoms in total. The summed E-state index contributed by atoms with van der Waals surface area (Å²) in [5.41, 5.74) is 8.66. The normalized spacial score (nSPS) is 14.0. The van der Waals surface area contributed by atoms with E-state index < -0.39 is 0 Å². The molecule has 1 radical (unpaired) electrons. The maximum atomic E-state index is 4.94. The van der Waals surface area contributed by atoms with Gasteiger partial charge in [-0.05, 0) is 41.0 Å². The number of rotatable bonds is 4. The molecule has 1 saturated heterocycles. The van der Waals surface area contributed by atoms with Crippen LogP contribution >= 0.6 is 0 Å². The molecular weight excluding hydrogens is 707 g/mol. The molecule has 0 spiro atoms. The molecule has 7 aromatic rings. The Kier molecular flexibility index (Phi) is 10.5. The molecule has 0 bridgehead atoms. The Hall–Kier alpha value is -3.40. The predicted octanol–water partition coefficient (Wildman–Crippen LogP) is 10.5. The monoisotopic (exact) mass is 744 g/mol. The summed E-state index contributed by atoms with van der Waals surface area (Å²) < 4.78 is 4.94. The van der Waals surface area contributed by atoms with Gasteiger partial charge in [0.25, 0.3) is 0 Å². The molecule has 2 heteroatoms. The van der Waals surface area contributed by atoms with E-state index in [9.17, 15) is 0 Å². The summed E-state index contributed by atoms with van der Waals surface area (Å²) in [7, 11) is 0. The Bertz CT molecular complexity index is 1960. The van der Waals surface area contributed by atoms with Gasteiger partial charge >= 0.3 is 0 Å². The average molecular weight is 745 g/mol. The minimum atomic E-state index is -0.167. The van der Waals surface area contributed by atoms with Crippen LogP contribution < -0.4 is 0 Å². The van der Waals surface area contributed by atoms with Crippen LogP contribution in [0.3, 0.4) is 0 Å². The van der Waals surface area contributed by atoms with Gasteiger partial charge in [-0.3, -0.25) is 0 Å². The Morgan fingerprint density at radius 2 is 0.979 bits per heavy atom.